The van der Waals surface area contributed by atoms with Gasteiger partial charge in [0.05, 0.1) is 16.9 Å². The first-order valence-electron chi connectivity index (χ1n) is 8.16. The van der Waals surface area contributed by atoms with E-state index < -0.39 is 5.76 Å². The van der Waals surface area contributed by atoms with Gasteiger partial charge in [0.15, 0.2) is 5.82 Å². The van der Waals surface area contributed by atoms with Crippen molar-refractivity contribution in [3.63, 3.8) is 0 Å². The Morgan fingerprint density at radius 1 is 1.21 bits per heavy atom. The van der Waals surface area contributed by atoms with E-state index in [1.807, 2.05) is 6.07 Å². The lowest BCUT2D eigenvalue weighted by Gasteiger charge is -2.11. The minimum atomic E-state index is -0.683. The van der Waals surface area contributed by atoms with Crippen LogP contribution in [-0.4, -0.2) is 20.6 Å². The second kappa shape index (κ2) is 7.47. The van der Waals surface area contributed by atoms with E-state index in [9.17, 15) is 9.59 Å². The van der Waals surface area contributed by atoms with Crippen molar-refractivity contribution in [1.82, 2.24) is 14.7 Å². The van der Waals surface area contributed by atoms with E-state index >= 15 is 0 Å². The quantitative estimate of drug-likeness (QED) is 0.303. The smallest absolute Gasteiger partial charge is 0.396 e. The van der Waals surface area contributed by atoms with Crippen LogP contribution in [0.4, 0.5) is 11.4 Å². The molecule has 8 nitrogen and oxygen atoms in total. The molecule has 0 radical (unpaired) electrons. The van der Waals surface area contributed by atoms with Crippen LogP contribution in [0.1, 0.15) is 10.5 Å². The molecule has 0 fully saturated rings. The Morgan fingerprint density at radius 3 is 2.66 bits per heavy atom. The molecule has 0 saturated heterocycles. The Morgan fingerprint density at radius 2 is 1.97 bits per heavy atom. The van der Waals surface area contributed by atoms with E-state index in [2.05, 4.69) is 67.8 Å². The van der Waals surface area contributed by atoms with Gasteiger partial charge < -0.3 is 15.6 Å². The van der Waals surface area contributed by atoms with E-state index in [1.54, 1.807) is 35.9 Å². The summed E-state index contributed by atoms with van der Waals surface area (Å²) in [5.74, 6) is -0.822. The van der Waals surface area contributed by atoms with Gasteiger partial charge in [0.1, 0.15) is 5.69 Å². The number of anilines is 2. The number of nitrogens with one attached hydrogen (secondary N) is 2. The van der Waals surface area contributed by atoms with Crippen molar-refractivity contribution in [3.05, 3.63) is 60.0 Å². The molecule has 0 bridgehead atoms. The first-order chi connectivity index (χ1) is 13.8. The van der Waals surface area contributed by atoms with Crippen LogP contribution in [-0.2, 0) is 7.05 Å². The zero-order chi connectivity index (χ0) is 20.9. The molecular formula is C18H12Br3N5O3. The van der Waals surface area contributed by atoms with E-state index in [0.717, 1.165) is 24.3 Å². The molecule has 4 N–H and O–H groups in total. The number of aromatic nitrogens is 3. The third kappa shape index (κ3) is 3.53. The second-order valence-corrected chi connectivity index (χ2v) is 8.82. The highest BCUT2D eigenvalue weighted by atomic mass is 79.9. The maximum Gasteiger partial charge on any atom is 0.439 e. The van der Waals surface area contributed by atoms with Crippen molar-refractivity contribution in [2.45, 2.75) is 0 Å². The van der Waals surface area contributed by atoms with Gasteiger partial charge in [-0.2, -0.15) is 0 Å². The van der Waals surface area contributed by atoms with Crippen molar-refractivity contribution in [2.75, 3.05) is 11.1 Å². The summed E-state index contributed by atoms with van der Waals surface area (Å²) >= 11 is 10.3. The summed E-state index contributed by atoms with van der Waals surface area (Å²) in [6, 6.07) is 8.79. The maximum atomic E-state index is 13.1. The van der Waals surface area contributed by atoms with Crippen LogP contribution >= 0.6 is 47.8 Å². The topological polar surface area (TPSA) is 119 Å². The van der Waals surface area contributed by atoms with E-state index in [0.29, 0.717) is 22.6 Å². The molecule has 0 aliphatic heterocycles. The molecule has 1 amide bonds. The predicted octanol–water partition coefficient (Wildman–Crippen LogP) is 4.64. The number of carbonyl (C=O) groups is 1. The van der Waals surface area contributed by atoms with Gasteiger partial charge in [-0.3, -0.25) is 14.3 Å². The first-order valence-corrected chi connectivity index (χ1v) is 10.5. The summed E-state index contributed by atoms with van der Waals surface area (Å²) in [6.45, 7) is 0. The predicted molar refractivity (Wildman–Crippen MR) is 121 cm³/mol. The zero-order valence-corrected chi connectivity index (χ0v) is 19.5. The number of halogens is 3. The fourth-order valence-corrected chi connectivity index (χ4v) is 4.68. The summed E-state index contributed by atoms with van der Waals surface area (Å²) in [7, 11) is 1.77. The summed E-state index contributed by atoms with van der Waals surface area (Å²) in [6.07, 6.45) is 0. The van der Waals surface area contributed by atoms with Crippen LogP contribution in [0.2, 0.25) is 0 Å². The summed E-state index contributed by atoms with van der Waals surface area (Å²) in [5, 5.41) is 7.38. The minimum absolute atomic E-state index is 0.208. The zero-order valence-electron chi connectivity index (χ0n) is 14.7. The summed E-state index contributed by atoms with van der Waals surface area (Å²) < 4.78 is 8.61. The number of aryl methyl sites for hydroxylation is 1. The molecular weight excluding hydrogens is 574 g/mol. The Labute approximate surface area is 188 Å². The number of nitrogen functional groups attached to an aromatic ring is 1. The highest BCUT2D eigenvalue weighted by Crippen LogP contribution is 2.37. The Balaban J connectivity index is 1.78. The largest absolute Gasteiger partial charge is 0.439 e. The number of H-pyrrole nitrogens is 1. The number of rotatable bonds is 3. The van der Waals surface area contributed by atoms with Crippen molar-refractivity contribution in [3.8, 4) is 11.4 Å². The van der Waals surface area contributed by atoms with Gasteiger partial charge in [-0.25, -0.2) is 4.79 Å². The highest BCUT2D eigenvalue weighted by molar-refractivity contribution is 9.11. The lowest BCUT2D eigenvalue weighted by atomic mass is 10.1. The van der Waals surface area contributed by atoms with Crippen molar-refractivity contribution < 1.29 is 9.32 Å². The third-order valence-corrected chi connectivity index (χ3v) is 6.22. The molecule has 0 aliphatic rings. The molecule has 148 valence electrons. The Bertz CT molecular complexity index is 1340. The lowest BCUT2D eigenvalue weighted by molar-refractivity contribution is 0.102. The van der Waals surface area contributed by atoms with Gasteiger partial charge in [0.2, 0.25) is 0 Å². The molecule has 0 aliphatic carbocycles. The number of nitrogens with zero attached hydrogens (tertiary/aromatic N) is 2. The Hall–Kier alpha value is -2.37. The molecule has 2 aromatic carbocycles. The van der Waals surface area contributed by atoms with Gasteiger partial charge in [-0.05, 0) is 46.3 Å². The number of aromatic amines is 1. The number of carbonyl (C=O) groups excluding carboxylic acids is 1. The molecule has 2 aromatic heterocycles. The minimum Gasteiger partial charge on any atom is -0.396 e. The number of hydrogen-bond donors (Lipinski definition) is 3. The monoisotopic (exact) mass is 583 g/mol. The number of hydrogen-bond acceptors (Lipinski definition) is 5. The number of benzene rings is 2. The van der Waals surface area contributed by atoms with Crippen molar-refractivity contribution in [1.29, 1.82) is 0 Å². The second-order valence-electron chi connectivity index (χ2n) is 6.19. The molecule has 4 rings (SSSR count). The van der Waals surface area contributed by atoms with E-state index in [1.165, 1.54) is 0 Å². The van der Waals surface area contributed by atoms with Crippen LogP contribution in [0.3, 0.4) is 0 Å². The van der Waals surface area contributed by atoms with E-state index in [-0.39, 0.29) is 11.7 Å². The van der Waals surface area contributed by atoms with Crippen LogP contribution in [0.5, 0.6) is 0 Å². The molecule has 11 heteroatoms. The average Bonchev–Trinajstić information content (AvgIpc) is 3.25. The van der Waals surface area contributed by atoms with Crippen LogP contribution in [0.25, 0.3) is 22.3 Å². The van der Waals surface area contributed by atoms with Gasteiger partial charge in [-0.1, -0.05) is 37.0 Å². The number of fused-ring (bicyclic) bond motifs is 1. The molecule has 4 aromatic rings. The maximum absolute atomic E-state index is 13.1. The van der Waals surface area contributed by atoms with Crippen LogP contribution < -0.4 is 16.8 Å². The lowest BCUT2D eigenvalue weighted by Crippen LogP contribution is -2.16. The molecule has 0 atom stereocenters. The first kappa shape index (κ1) is 19.9. The van der Waals surface area contributed by atoms with Gasteiger partial charge in [-0.15, -0.1) is 0 Å². The molecule has 0 unspecified atom stereocenters. The molecule has 2 heterocycles. The molecule has 0 spiro atoms. The fourth-order valence-electron chi connectivity index (χ4n) is 3.06. The standard InChI is InChI=1S/C18H12Br3N5O3/c1-26-13(5-8-10(20)6-11(21)14(22)15(8)26)17(27)23-12-3-2-7(19)4-9(12)16-24-18(28)29-25-16/h2-6H,22H2,1H3,(H,23,27)(H,24,25,28). The van der Waals surface area contributed by atoms with Crippen LogP contribution in [0.15, 0.2) is 53.1 Å². The van der Waals surface area contributed by atoms with Gasteiger partial charge >= 0.3 is 5.76 Å². The average molecular weight is 586 g/mol. The van der Waals surface area contributed by atoms with Gasteiger partial charge in [0.25, 0.3) is 5.91 Å². The van der Waals surface area contributed by atoms with Crippen molar-refractivity contribution >= 4 is 76.0 Å². The van der Waals surface area contributed by atoms with E-state index in [4.69, 9.17) is 5.73 Å². The number of amides is 1. The normalized spacial score (nSPS) is 11.2. The Kier molecular flexibility index (Phi) is 5.13. The summed E-state index contributed by atoms with van der Waals surface area (Å²) in [4.78, 5) is 26.9. The van der Waals surface area contributed by atoms with Crippen LogP contribution in [0, 0.1) is 0 Å². The molecule has 29 heavy (non-hydrogen) atoms. The van der Waals surface area contributed by atoms with Crippen molar-refractivity contribution in [2.24, 2.45) is 7.05 Å². The molecule has 0 saturated carbocycles. The highest BCUT2D eigenvalue weighted by Gasteiger charge is 2.20. The third-order valence-electron chi connectivity index (χ3n) is 4.41. The number of nitrogens with two attached hydrogens (primary N) is 1. The fraction of sp³-hybridized carbons (Fsp3) is 0.0556. The summed E-state index contributed by atoms with van der Waals surface area (Å²) in [5.41, 5.74) is 8.83. The SMILES string of the molecule is Cn1c(C(=O)Nc2ccc(Br)cc2-c2noc(=O)[nH]2)cc2c(Br)cc(Br)c(N)c21. The van der Waals surface area contributed by atoms with Gasteiger partial charge in [0, 0.05) is 31.4 Å².